The third-order valence-electron chi connectivity index (χ3n) is 4.86. The quantitative estimate of drug-likeness (QED) is 0.753. The second kappa shape index (κ2) is 8.65. The summed E-state index contributed by atoms with van der Waals surface area (Å²) in [4.78, 5) is 26.0. The van der Waals surface area contributed by atoms with E-state index in [1.54, 1.807) is 41.3 Å². The molecule has 0 atom stereocenters. The third kappa shape index (κ3) is 5.14. The maximum atomic E-state index is 12.5. The molecule has 0 unspecified atom stereocenters. The van der Waals surface area contributed by atoms with E-state index >= 15 is 0 Å². The summed E-state index contributed by atoms with van der Waals surface area (Å²) in [6.07, 6.45) is 3.32. The normalized spacial score (nSPS) is 14.1. The number of carbonyl (C=O) groups excluding carboxylic acids is 2. The van der Waals surface area contributed by atoms with Gasteiger partial charge in [0.25, 0.3) is 0 Å². The highest BCUT2D eigenvalue weighted by Crippen LogP contribution is 2.23. The average molecular weight is 416 g/mol. The lowest BCUT2D eigenvalue weighted by Crippen LogP contribution is -2.37. The predicted octanol–water partition coefficient (Wildman–Crippen LogP) is 2.78. The summed E-state index contributed by atoms with van der Waals surface area (Å²) in [6, 6.07) is 14.1. The van der Waals surface area contributed by atoms with Gasteiger partial charge in [-0.25, -0.2) is 8.42 Å². The summed E-state index contributed by atoms with van der Waals surface area (Å²) in [7, 11) is -3.62. The molecule has 0 radical (unpaired) electrons. The van der Waals surface area contributed by atoms with Gasteiger partial charge in [0.05, 0.1) is 11.9 Å². The van der Waals surface area contributed by atoms with E-state index in [4.69, 9.17) is 0 Å². The van der Waals surface area contributed by atoms with E-state index in [0.717, 1.165) is 34.7 Å². The molecule has 0 aliphatic carbocycles. The Morgan fingerprint density at radius 3 is 2.28 bits per heavy atom. The number of amides is 2. The lowest BCUT2D eigenvalue weighted by molar-refractivity contribution is -0.117. The van der Waals surface area contributed by atoms with Gasteiger partial charge in [0.2, 0.25) is 21.8 Å². The lowest BCUT2D eigenvalue weighted by Gasteiger charge is -2.22. The van der Waals surface area contributed by atoms with Gasteiger partial charge in [-0.3, -0.25) is 13.9 Å². The molecule has 29 heavy (non-hydrogen) atoms. The number of nitrogens with one attached hydrogen (secondary N) is 1. The summed E-state index contributed by atoms with van der Waals surface area (Å²) in [5, 5.41) is 2.72. The van der Waals surface area contributed by atoms with Crippen molar-refractivity contribution < 1.29 is 18.0 Å². The Kier molecular flexibility index (Phi) is 6.22. The Balaban J connectivity index is 1.69. The minimum absolute atomic E-state index is 0.0969. The molecule has 3 rings (SSSR count). The number of sulfonamides is 1. The number of hydrogen-bond acceptors (Lipinski definition) is 4. The first-order valence-corrected chi connectivity index (χ1v) is 11.4. The Bertz CT molecular complexity index is 986. The van der Waals surface area contributed by atoms with E-state index in [1.165, 1.54) is 0 Å². The van der Waals surface area contributed by atoms with Crippen LogP contribution in [-0.4, -0.2) is 39.6 Å². The largest absolute Gasteiger partial charge is 0.325 e. The van der Waals surface area contributed by atoms with Crippen LogP contribution in [0.25, 0.3) is 0 Å². The zero-order chi connectivity index (χ0) is 21.0. The van der Waals surface area contributed by atoms with E-state index in [-0.39, 0.29) is 12.5 Å². The molecule has 1 fully saturated rings. The first-order chi connectivity index (χ1) is 13.8. The predicted molar refractivity (Wildman–Crippen MR) is 115 cm³/mol. The minimum atomic E-state index is -3.62. The zero-order valence-electron chi connectivity index (χ0n) is 16.6. The summed E-state index contributed by atoms with van der Waals surface area (Å²) < 4.78 is 25.5. The Labute approximate surface area is 171 Å². The Morgan fingerprint density at radius 2 is 1.76 bits per heavy atom. The van der Waals surface area contributed by atoms with Gasteiger partial charge in [-0.1, -0.05) is 19.1 Å². The molecule has 0 saturated carbocycles. The standard InChI is InChI=1S/C21H25N3O4S/c1-3-16-6-10-19(11-7-16)24(29(2,27)28)15-20(25)22-17-8-12-18(13-9-17)23-14-4-5-21(23)26/h6-13H,3-5,14-15H2,1-2H3,(H,22,25). The molecule has 7 nitrogen and oxygen atoms in total. The van der Waals surface area contributed by atoms with Gasteiger partial charge in [-0.05, 0) is 54.8 Å². The van der Waals surface area contributed by atoms with Gasteiger partial charge in [0, 0.05) is 24.3 Å². The monoisotopic (exact) mass is 415 g/mol. The Hall–Kier alpha value is -2.87. The van der Waals surface area contributed by atoms with Crippen LogP contribution in [0.1, 0.15) is 25.3 Å². The molecule has 0 aromatic heterocycles. The topological polar surface area (TPSA) is 86.8 Å². The van der Waals surface area contributed by atoms with Gasteiger partial charge >= 0.3 is 0 Å². The summed E-state index contributed by atoms with van der Waals surface area (Å²) in [5.74, 6) is -0.348. The van der Waals surface area contributed by atoms with Crippen LogP contribution in [0.5, 0.6) is 0 Å². The van der Waals surface area contributed by atoms with Crippen LogP contribution in [0.3, 0.4) is 0 Å². The highest BCUT2D eigenvalue weighted by molar-refractivity contribution is 7.92. The molecular formula is C21H25N3O4S. The molecule has 2 aromatic carbocycles. The fraction of sp³-hybridized carbons (Fsp3) is 0.333. The highest BCUT2D eigenvalue weighted by atomic mass is 32.2. The first-order valence-electron chi connectivity index (χ1n) is 9.55. The van der Waals surface area contributed by atoms with E-state index in [1.807, 2.05) is 19.1 Å². The SMILES string of the molecule is CCc1ccc(N(CC(=O)Nc2ccc(N3CCCC3=O)cc2)S(C)(=O)=O)cc1. The van der Waals surface area contributed by atoms with Crippen LogP contribution in [0.2, 0.25) is 0 Å². The fourth-order valence-electron chi connectivity index (χ4n) is 3.27. The summed E-state index contributed by atoms with van der Waals surface area (Å²) in [5.41, 5.74) is 2.87. The maximum absolute atomic E-state index is 12.5. The molecule has 2 amide bonds. The number of rotatable bonds is 7. The number of anilines is 3. The number of aryl methyl sites for hydroxylation is 1. The summed E-state index contributed by atoms with van der Waals surface area (Å²) >= 11 is 0. The van der Waals surface area contributed by atoms with Gasteiger partial charge in [0.15, 0.2) is 0 Å². The molecule has 8 heteroatoms. The molecule has 0 bridgehead atoms. The van der Waals surface area contributed by atoms with Crippen LogP contribution in [0, 0.1) is 0 Å². The molecule has 2 aromatic rings. The van der Waals surface area contributed by atoms with E-state index in [2.05, 4.69) is 5.32 Å². The van der Waals surface area contributed by atoms with Crippen LogP contribution >= 0.6 is 0 Å². The van der Waals surface area contributed by atoms with E-state index < -0.39 is 15.9 Å². The van der Waals surface area contributed by atoms with Crippen LogP contribution in [-0.2, 0) is 26.0 Å². The highest BCUT2D eigenvalue weighted by Gasteiger charge is 2.22. The number of carbonyl (C=O) groups is 2. The fourth-order valence-corrected chi connectivity index (χ4v) is 4.13. The molecule has 1 aliphatic heterocycles. The molecule has 154 valence electrons. The van der Waals surface area contributed by atoms with Crippen molar-refractivity contribution in [3.8, 4) is 0 Å². The van der Waals surface area contributed by atoms with Crippen molar-refractivity contribution >= 4 is 38.9 Å². The van der Waals surface area contributed by atoms with E-state index in [0.29, 0.717) is 24.3 Å². The van der Waals surface area contributed by atoms with Gasteiger partial charge in [-0.2, -0.15) is 0 Å². The van der Waals surface area contributed by atoms with Crippen LogP contribution in [0.4, 0.5) is 17.1 Å². The molecule has 1 saturated heterocycles. The van der Waals surface area contributed by atoms with Crippen molar-refractivity contribution in [2.24, 2.45) is 0 Å². The van der Waals surface area contributed by atoms with Crippen LogP contribution < -0.4 is 14.5 Å². The molecule has 0 spiro atoms. The van der Waals surface area contributed by atoms with Gasteiger partial charge in [-0.15, -0.1) is 0 Å². The second-order valence-electron chi connectivity index (χ2n) is 7.03. The van der Waals surface area contributed by atoms with Crippen LogP contribution in [0.15, 0.2) is 48.5 Å². The van der Waals surface area contributed by atoms with Gasteiger partial charge in [0.1, 0.15) is 6.54 Å². The summed E-state index contributed by atoms with van der Waals surface area (Å²) in [6.45, 7) is 2.39. The molecule has 1 heterocycles. The molecular weight excluding hydrogens is 390 g/mol. The smallest absolute Gasteiger partial charge is 0.245 e. The van der Waals surface area contributed by atoms with Gasteiger partial charge < -0.3 is 10.2 Å². The third-order valence-corrected chi connectivity index (χ3v) is 6.00. The second-order valence-corrected chi connectivity index (χ2v) is 8.94. The van der Waals surface area contributed by atoms with Crippen molar-refractivity contribution in [3.05, 3.63) is 54.1 Å². The van der Waals surface area contributed by atoms with Crippen molar-refractivity contribution in [1.82, 2.24) is 0 Å². The van der Waals surface area contributed by atoms with E-state index in [9.17, 15) is 18.0 Å². The average Bonchev–Trinajstić information content (AvgIpc) is 3.12. The van der Waals surface area contributed by atoms with Crippen molar-refractivity contribution in [1.29, 1.82) is 0 Å². The molecule has 1 aliphatic rings. The number of hydrogen-bond donors (Lipinski definition) is 1. The lowest BCUT2D eigenvalue weighted by atomic mass is 10.1. The van der Waals surface area contributed by atoms with Crippen molar-refractivity contribution in [2.75, 3.05) is 33.9 Å². The zero-order valence-corrected chi connectivity index (χ0v) is 17.4. The van der Waals surface area contributed by atoms with Crippen molar-refractivity contribution in [2.45, 2.75) is 26.2 Å². The molecule has 1 N–H and O–H groups in total. The Morgan fingerprint density at radius 1 is 1.10 bits per heavy atom. The minimum Gasteiger partial charge on any atom is -0.325 e. The van der Waals surface area contributed by atoms with Crippen molar-refractivity contribution in [3.63, 3.8) is 0 Å². The maximum Gasteiger partial charge on any atom is 0.245 e. The first kappa shape index (κ1) is 20.9. The number of nitrogens with zero attached hydrogens (tertiary/aromatic N) is 2. The number of benzene rings is 2.